The van der Waals surface area contributed by atoms with Crippen LogP contribution in [-0.2, 0) is 38.3 Å². The van der Waals surface area contributed by atoms with Crippen molar-refractivity contribution < 1.29 is 38.3 Å². The number of benzene rings is 5. The average Bonchev–Trinajstić information content (AvgIpc) is 3.82. The fourth-order valence-electron chi connectivity index (χ4n) is 7.13. The van der Waals surface area contributed by atoms with Crippen molar-refractivity contribution in [2.75, 3.05) is 22.1 Å². The number of nitrogens with one attached hydrogen (secondary N) is 2. The number of carbonyl (C=O) groups is 5. The minimum Gasteiger partial charge on any atom is -0.457 e. The van der Waals surface area contributed by atoms with Gasteiger partial charge in [0.15, 0.2) is 16.9 Å². The smallest absolute Gasteiger partial charge is 0.356 e. The quantitative estimate of drug-likeness (QED) is 0.0144. The molecule has 348 valence electrons. The first kappa shape index (κ1) is 49.7. The SMILES string of the molecule is CC(C)(C)OC(=O)CO/N=C(\C(=O)NC1C(=O)N2C(C(=O)OC(c3ccccc3)c3ccccc3)=C(CI)CS[C@H]12)c1csc(NC=O)n1.c1ccc(P(c2ccccc2)c2ccccc2)cc1. The maximum atomic E-state index is 13.9. The molecular weight excluding hydrogens is 1030 g/mol. The van der Waals surface area contributed by atoms with Crippen LogP contribution in [0.4, 0.5) is 5.13 Å². The minimum absolute atomic E-state index is 0.0418. The van der Waals surface area contributed by atoms with Gasteiger partial charge in [-0.2, -0.15) is 0 Å². The molecule has 0 aliphatic carbocycles. The van der Waals surface area contributed by atoms with Crippen LogP contribution in [0.3, 0.4) is 0 Å². The van der Waals surface area contributed by atoms with Gasteiger partial charge in [-0.15, -0.1) is 23.1 Å². The molecule has 0 spiro atoms. The van der Waals surface area contributed by atoms with Gasteiger partial charge in [0, 0.05) is 15.6 Å². The number of hydrogen-bond acceptors (Lipinski definition) is 12. The molecule has 0 radical (unpaired) electrons. The van der Waals surface area contributed by atoms with Crippen LogP contribution in [0.2, 0.25) is 0 Å². The first-order chi connectivity index (χ1) is 33.0. The molecule has 3 amide bonds. The molecule has 1 aromatic heterocycles. The van der Waals surface area contributed by atoms with Crippen LogP contribution in [0.15, 0.2) is 173 Å². The zero-order valence-corrected chi connectivity index (χ0v) is 41.9. The highest BCUT2D eigenvalue weighted by atomic mass is 127. The highest BCUT2D eigenvalue weighted by molar-refractivity contribution is 14.1. The number of thiazole rings is 1. The molecule has 1 unspecified atom stereocenters. The number of oxime groups is 1. The summed E-state index contributed by atoms with van der Waals surface area (Å²) >= 11 is 4.59. The Morgan fingerprint density at radius 1 is 0.838 bits per heavy atom. The molecule has 2 N–H and O–H groups in total. The predicted molar refractivity (Wildman–Crippen MR) is 277 cm³/mol. The van der Waals surface area contributed by atoms with Gasteiger partial charge >= 0.3 is 11.9 Å². The molecule has 6 aromatic rings. The Labute approximate surface area is 417 Å². The molecule has 5 aromatic carbocycles. The van der Waals surface area contributed by atoms with E-state index in [1.165, 1.54) is 38.0 Å². The van der Waals surface area contributed by atoms with Crippen LogP contribution < -0.4 is 26.5 Å². The standard InChI is InChI=1S/C33H32IN5O8S2.C18H15P/c1-33(2,3)47-23(41)15-45-38-24(22-17-49-32(36-22)35-18-40)28(42)37-25-29(43)39-26(21(14-34)16-48-30(25)39)31(44)46-27(19-10-6-4-7-11-19)20-12-8-5-9-13-20;1-4-10-16(11-5-1)19(17-12-6-2-7-13-17)18-14-8-3-9-15-18/h4-13,17-18,25,27,30H,14-16H2,1-3H3,(H,37,42)(H,35,36,40);1-15H/b38-24-;/t25?,30-;/m1./s1. The van der Waals surface area contributed by atoms with E-state index in [4.69, 9.17) is 14.3 Å². The zero-order valence-electron chi connectivity index (χ0n) is 37.2. The third kappa shape index (κ3) is 12.7. The number of thioether (sulfide) groups is 1. The second kappa shape index (κ2) is 23.7. The lowest BCUT2D eigenvalue weighted by atomic mass is 10.0. The number of esters is 2. The fourth-order valence-corrected chi connectivity index (χ4v) is 12.4. The zero-order chi connectivity index (χ0) is 48.0. The first-order valence-corrected chi connectivity index (χ1v) is 26.1. The molecule has 3 heterocycles. The van der Waals surface area contributed by atoms with Gasteiger partial charge in [-0.3, -0.25) is 19.3 Å². The van der Waals surface area contributed by atoms with Crippen molar-refractivity contribution in [2.24, 2.45) is 5.16 Å². The Balaban J connectivity index is 0.000000298. The van der Waals surface area contributed by atoms with Crippen LogP contribution >= 0.6 is 53.6 Å². The van der Waals surface area contributed by atoms with Crippen LogP contribution in [0, 0.1) is 0 Å². The maximum Gasteiger partial charge on any atom is 0.356 e. The molecule has 8 rings (SSSR count). The number of alkyl halides is 1. The average molecular weight is 1080 g/mol. The number of amides is 3. The van der Waals surface area contributed by atoms with Gasteiger partial charge in [-0.25, -0.2) is 14.6 Å². The van der Waals surface area contributed by atoms with Gasteiger partial charge < -0.3 is 24.9 Å². The van der Waals surface area contributed by atoms with Crippen molar-refractivity contribution in [3.63, 3.8) is 0 Å². The molecule has 13 nitrogen and oxygen atoms in total. The summed E-state index contributed by atoms with van der Waals surface area (Å²) in [6, 6.07) is 50.0. The van der Waals surface area contributed by atoms with Crippen molar-refractivity contribution >= 4 is 111 Å². The number of hydrogen-bond donors (Lipinski definition) is 2. The highest BCUT2D eigenvalue weighted by Crippen LogP contribution is 2.42. The van der Waals surface area contributed by atoms with Gasteiger partial charge in [0.25, 0.3) is 11.8 Å². The lowest BCUT2D eigenvalue weighted by Crippen LogP contribution is -2.71. The maximum absolute atomic E-state index is 13.9. The number of nitrogens with zero attached hydrogens (tertiary/aromatic N) is 3. The molecule has 0 saturated carbocycles. The molecule has 2 atom stereocenters. The molecule has 68 heavy (non-hydrogen) atoms. The Hall–Kier alpha value is -6.20. The van der Waals surface area contributed by atoms with Gasteiger partial charge in [-0.1, -0.05) is 179 Å². The van der Waals surface area contributed by atoms with Crippen molar-refractivity contribution in [2.45, 2.75) is 43.9 Å². The molecule has 2 aliphatic heterocycles. The lowest BCUT2D eigenvalue weighted by molar-refractivity contribution is -0.160. The fraction of sp³-hybridized carbons (Fsp3) is 0.196. The lowest BCUT2D eigenvalue weighted by Gasteiger charge is -2.49. The van der Waals surface area contributed by atoms with Crippen LogP contribution in [0.1, 0.15) is 43.7 Å². The summed E-state index contributed by atoms with van der Waals surface area (Å²) < 4.78 is 11.8. The third-order valence-electron chi connectivity index (χ3n) is 10.1. The van der Waals surface area contributed by atoms with E-state index in [-0.39, 0.29) is 22.2 Å². The Kier molecular flexibility index (Phi) is 17.3. The van der Waals surface area contributed by atoms with Gasteiger partial charge in [-0.05, 0) is 61.3 Å². The molecule has 1 saturated heterocycles. The number of rotatable bonds is 16. The van der Waals surface area contributed by atoms with Crippen LogP contribution in [0.5, 0.6) is 0 Å². The number of anilines is 1. The molecule has 17 heteroatoms. The summed E-state index contributed by atoms with van der Waals surface area (Å²) in [6.07, 6.45) is -0.281. The van der Waals surface area contributed by atoms with Crippen molar-refractivity contribution in [1.29, 1.82) is 0 Å². The van der Waals surface area contributed by atoms with Crippen molar-refractivity contribution in [1.82, 2.24) is 15.2 Å². The normalized spacial score (nSPS) is 15.6. The van der Waals surface area contributed by atoms with Gasteiger partial charge in [0.2, 0.25) is 13.0 Å². The van der Waals surface area contributed by atoms with E-state index < -0.39 is 61.4 Å². The van der Waals surface area contributed by atoms with E-state index in [1.807, 2.05) is 60.7 Å². The number of halogens is 1. The van der Waals surface area contributed by atoms with Crippen molar-refractivity contribution in [3.8, 4) is 0 Å². The van der Waals surface area contributed by atoms with E-state index in [1.54, 1.807) is 20.8 Å². The van der Waals surface area contributed by atoms with E-state index in [0.717, 1.165) is 28.0 Å². The third-order valence-corrected chi connectivity index (χ3v) is 15.5. The first-order valence-electron chi connectivity index (χ1n) is 21.3. The summed E-state index contributed by atoms with van der Waals surface area (Å²) in [6.45, 7) is 4.50. The second-order valence-corrected chi connectivity index (χ2v) is 20.9. The Bertz CT molecular complexity index is 2610. The van der Waals surface area contributed by atoms with E-state index in [2.05, 4.69) is 134 Å². The topological polar surface area (TPSA) is 166 Å². The van der Waals surface area contributed by atoms with Gasteiger partial charge in [0.1, 0.15) is 28.4 Å². The molecule has 2 aliphatic rings. The summed E-state index contributed by atoms with van der Waals surface area (Å²) in [5.74, 6) is -2.25. The predicted octanol–water partition coefficient (Wildman–Crippen LogP) is 7.64. The number of ether oxygens (including phenoxy) is 2. The number of fused-ring (bicyclic) bond motifs is 1. The van der Waals surface area contributed by atoms with Crippen LogP contribution in [0.25, 0.3) is 0 Å². The van der Waals surface area contributed by atoms with E-state index in [9.17, 15) is 24.0 Å². The molecule has 1 fully saturated rings. The largest absolute Gasteiger partial charge is 0.457 e. The summed E-state index contributed by atoms with van der Waals surface area (Å²) in [5, 5.41) is 14.2. The highest BCUT2D eigenvalue weighted by Gasteiger charge is 2.55. The minimum atomic E-state index is -1.02. The van der Waals surface area contributed by atoms with Gasteiger partial charge in [0.05, 0.1) is 0 Å². The second-order valence-electron chi connectivity index (χ2n) is 16.0. The van der Waals surface area contributed by atoms with Crippen molar-refractivity contribution in [3.05, 3.63) is 185 Å². The molecule has 0 bridgehead atoms. The Morgan fingerprint density at radius 2 is 1.35 bits per heavy atom. The number of β-lactam (4-membered cyclic amide) rings is 1. The van der Waals surface area contributed by atoms with E-state index >= 15 is 0 Å². The van der Waals surface area contributed by atoms with Crippen LogP contribution in [-0.4, -0.2) is 79.6 Å². The number of aromatic nitrogens is 1. The molecular formula is C51H47IN5O8PS2. The summed E-state index contributed by atoms with van der Waals surface area (Å²) in [7, 11) is -0.446. The monoisotopic (exact) mass is 1080 g/mol. The summed E-state index contributed by atoms with van der Waals surface area (Å²) in [5.41, 5.74) is 1.39. The number of carbonyl (C=O) groups excluding carboxylic acids is 5. The van der Waals surface area contributed by atoms with E-state index in [0.29, 0.717) is 16.6 Å². The Morgan fingerprint density at radius 3 is 1.84 bits per heavy atom. The summed E-state index contributed by atoms with van der Waals surface area (Å²) in [4.78, 5) is 75.0.